The minimum atomic E-state index is -0.251. The zero-order valence-electron chi connectivity index (χ0n) is 14.5. The number of carbonyl (C=O) groups is 1. The molecule has 134 valence electrons. The fourth-order valence-electron chi connectivity index (χ4n) is 2.64. The van der Waals surface area contributed by atoms with Crippen molar-refractivity contribution in [2.24, 2.45) is 0 Å². The number of aromatic nitrogens is 3. The summed E-state index contributed by atoms with van der Waals surface area (Å²) in [6, 6.07) is 15.2. The van der Waals surface area contributed by atoms with E-state index in [0.717, 1.165) is 22.0 Å². The van der Waals surface area contributed by atoms with Gasteiger partial charge in [-0.1, -0.05) is 12.1 Å². The molecule has 0 unspecified atom stereocenters. The molecule has 0 spiro atoms. The van der Waals surface area contributed by atoms with Crippen molar-refractivity contribution in [2.45, 2.75) is 0 Å². The Morgan fingerprint density at radius 1 is 1.15 bits per heavy atom. The molecule has 1 N–H and O–H groups in total. The number of ether oxygens (including phenoxy) is 1. The first-order chi connectivity index (χ1) is 13.2. The van der Waals surface area contributed by atoms with Crippen molar-refractivity contribution in [1.29, 1.82) is 0 Å². The van der Waals surface area contributed by atoms with Gasteiger partial charge in [0.15, 0.2) is 0 Å². The van der Waals surface area contributed by atoms with Crippen molar-refractivity contribution in [2.75, 3.05) is 12.4 Å². The van der Waals surface area contributed by atoms with Gasteiger partial charge in [0.25, 0.3) is 5.91 Å². The molecule has 4 rings (SSSR count). The Morgan fingerprint density at radius 3 is 2.70 bits per heavy atom. The fourth-order valence-corrected chi connectivity index (χ4v) is 3.44. The standard InChI is InChI=1S/C20H16N4O2S/c1-26-15-8-6-14(7-9-15)20-23-17(12-27-20)19(25)22-16-4-2-3-5-18(16)24-11-10-21-13-24/h2-13H,1H3,(H,22,25). The number of benzene rings is 2. The van der Waals surface area contributed by atoms with E-state index < -0.39 is 0 Å². The number of carbonyl (C=O) groups excluding carboxylic acids is 1. The van der Waals surface area contributed by atoms with Gasteiger partial charge in [-0.25, -0.2) is 9.97 Å². The lowest BCUT2D eigenvalue weighted by Gasteiger charge is -2.10. The summed E-state index contributed by atoms with van der Waals surface area (Å²) in [5.41, 5.74) is 2.86. The molecular formula is C20H16N4O2S. The summed E-state index contributed by atoms with van der Waals surface area (Å²) in [6.07, 6.45) is 5.21. The minimum Gasteiger partial charge on any atom is -0.497 e. The first-order valence-electron chi connectivity index (χ1n) is 8.23. The number of para-hydroxylation sites is 2. The molecule has 0 radical (unpaired) electrons. The van der Waals surface area contributed by atoms with Gasteiger partial charge in [-0.2, -0.15) is 0 Å². The van der Waals surface area contributed by atoms with Crippen LogP contribution in [0.4, 0.5) is 5.69 Å². The maximum atomic E-state index is 12.7. The molecule has 7 heteroatoms. The smallest absolute Gasteiger partial charge is 0.275 e. The minimum absolute atomic E-state index is 0.251. The molecule has 2 aromatic carbocycles. The van der Waals surface area contributed by atoms with E-state index in [1.54, 1.807) is 25.0 Å². The number of hydrogen-bond acceptors (Lipinski definition) is 5. The molecule has 1 amide bonds. The number of thiazole rings is 1. The summed E-state index contributed by atoms with van der Waals surface area (Å²) in [5.74, 6) is 0.531. The Kier molecular flexibility index (Phi) is 4.67. The Hall–Kier alpha value is -3.45. The molecule has 4 aromatic rings. The van der Waals surface area contributed by atoms with Gasteiger partial charge in [0.1, 0.15) is 16.5 Å². The van der Waals surface area contributed by atoms with Crippen LogP contribution in [0.5, 0.6) is 5.75 Å². The zero-order valence-corrected chi connectivity index (χ0v) is 15.3. The van der Waals surface area contributed by atoms with Crippen LogP contribution in [-0.4, -0.2) is 27.6 Å². The van der Waals surface area contributed by atoms with Crippen molar-refractivity contribution in [3.63, 3.8) is 0 Å². The van der Waals surface area contributed by atoms with Crippen LogP contribution in [0.25, 0.3) is 16.3 Å². The third-order valence-electron chi connectivity index (χ3n) is 4.01. The van der Waals surface area contributed by atoms with Crippen molar-refractivity contribution in [3.8, 4) is 22.0 Å². The summed E-state index contributed by atoms with van der Waals surface area (Å²) in [5, 5.41) is 5.48. The number of imidazole rings is 1. The second-order valence-electron chi connectivity index (χ2n) is 5.71. The van der Waals surface area contributed by atoms with E-state index in [2.05, 4.69) is 15.3 Å². The fraction of sp³-hybridized carbons (Fsp3) is 0.0500. The first kappa shape index (κ1) is 17.0. The van der Waals surface area contributed by atoms with Gasteiger partial charge < -0.3 is 14.6 Å². The number of rotatable bonds is 5. The second kappa shape index (κ2) is 7.43. The lowest BCUT2D eigenvalue weighted by atomic mass is 10.2. The zero-order chi connectivity index (χ0) is 18.6. The lowest BCUT2D eigenvalue weighted by Crippen LogP contribution is -2.14. The summed E-state index contributed by atoms with van der Waals surface area (Å²) >= 11 is 1.43. The van der Waals surface area contributed by atoms with E-state index in [0.29, 0.717) is 11.4 Å². The van der Waals surface area contributed by atoms with Crippen LogP contribution in [0.3, 0.4) is 0 Å². The number of anilines is 1. The molecule has 6 nitrogen and oxygen atoms in total. The lowest BCUT2D eigenvalue weighted by molar-refractivity contribution is 0.102. The van der Waals surface area contributed by atoms with Crippen LogP contribution >= 0.6 is 11.3 Å². The first-order valence-corrected chi connectivity index (χ1v) is 9.11. The number of hydrogen-bond donors (Lipinski definition) is 1. The highest BCUT2D eigenvalue weighted by Crippen LogP contribution is 2.26. The van der Waals surface area contributed by atoms with Crippen LogP contribution in [0.15, 0.2) is 72.6 Å². The molecule has 2 aromatic heterocycles. The van der Waals surface area contributed by atoms with Crippen LogP contribution < -0.4 is 10.1 Å². The maximum absolute atomic E-state index is 12.7. The summed E-state index contributed by atoms with van der Waals surface area (Å²) in [4.78, 5) is 21.2. The quantitative estimate of drug-likeness (QED) is 0.565. The molecule has 0 saturated heterocycles. The Bertz CT molecular complexity index is 1060. The number of methoxy groups -OCH3 is 1. The van der Waals surface area contributed by atoms with Crippen molar-refractivity contribution >= 4 is 22.9 Å². The average molecular weight is 376 g/mol. The van der Waals surface area contributed by atoms with E-state index in [1.165, 1.54) is 11.3 Å². The SMILES string of the molecule is COc1ccc(-c2nc(C(=O)Nc3ccccc3-n3ccnc3)cs2)cc1. The molecule has 0 aliphatic carbocycles. The molecule has 0 bridgehead atoms. The van der Waals surface area contributed by atoms with Crippen LogP contribution in [0, 0.1) is 0 Å². The molecule has 0 aliphatic rings. The number of nitrogens with zero attached hydrogens (tertiary/aromatic N) is 3. The molecule has 0 aliphatic heterocycles. The van der Waals surface area contributed by atoms with Gasteiger partial charge in [-0.15, -0.1) is 11.3 Å². The summed E-state index contributed by atoms with van der Waals surface area (Å²) in [7, 11) is 1.63. The van der Waals surface area contributed by atoms with E-state index in [9.17, 15) is 4.79 Å². The third kappa shape index (κ3) is 3.58. The highest BCUT2D eigenvalue weighted by molar-refractivity contribution is 7.13. The molecular weight excluding hydrogens is 360 g/mol. The van der Waals surface area contributed by atoms with E-state index in [1.807, 2.05) is 59.3 Å². The second-order valence-corrected chi connectivity index (χ2v) is 6.57. The average Bonchev–Trinajstić information content (AvgIpc) is 3.41. The van der Waals surface area contributed by atoms with Crippen molar-refractivity contribution < 1.29 is 9.53 Å². The number of nitrogens with one attached hydrogen (secondary N) is 1. The molecule has 27 heavy (non-hydrogen) atoms. The summed E-state index contributed by atoms with van der Waals surface area (Å²) < 4.78 is 7.02. The highest BCUT2D eigenvalue weighted by atomic mass is 32.1. The van der Waals surface area contributed by atoms with Gasteiger partial charge in [0.2, 0.25) is 0 Å². The van der Waals surface area contributed by atoms with E-state index in [-0.39, 0.29) is 5.91 Å². The van der Waals surface area contributed by atoms with Crippen molar-refractivity contribution in [3.05, 3.63) is 78.3 Å². The Morgan fingerprint density at radius 2 is 1.96 bits per heavy atom. The van der Waals surface area contributed by atoms with Crippen LogP contribution in [-0.2, 0) is 0 Å². The van der Waals surface area contributed by atoms with Crippen LogP contribution in [0.1, 0.15) is 10.5 Å². The predicted octanol–water partition coefficient (Wildman–Crippen LogP) is 4.26. The summed E-state index contributed by atoms with van der Waals surface area (Å²) in [6.45, 7) is 0. The normalized spacial score (nSPS) is 10.6. The van der Waals surface area contributed by atoms with Gasteiger partial charge in [0, 0.05) is 23.3 Å². The van der Waals surface area contributed by atoms with Crippen LogP contribution in [0.2, 0.25) is 0 Å². The predicted molar refractivity (Wildman–Crippen MR) is 106 cm³/mol. The highest BCUT2D eigenvalue weighted by Gasteiger charge is 2.14. The third-order valence-corrected chi connectivity index (χ3v) is 4.90. The Labute approximate surface area is 160 Å². The molecule has 0 saturated carbocycles. The monoisotopic (exact) mass is 376 g/mol. The number of amides is 1. The van der Waals surface area contributed by atoms with E-state index >= 15 is 0 Å². The van der Waals surface area contributed by atoms with E-state index in [4.69, 9.17) is 4.74 Å². The van der Waals surface area contributed by atoms with Gasteiger partial charge >= 0.3 is 0 Å². The molecule has 2 heterocycles. The Balaban J connectivity index is 1.55. The topological polar surface area (TPSA) is 69.0 Å². The van der Waals surface area contributed by atoms with Crippen molar-refractivity contribution in [1.82, 2.24) is 14.5 Å². The van der Waals surface area contributed by atoms with Gasteiger partial charge in [-0.05, 0) is 36.4 Å². The molecule has 0 atom stereocenters. The maximum Gasteiger partial charge on any atom is 0.275 e. The largest absolute Gasteiger partial charge is 0.497 e. The van der Waals surface area contributed by atoms with Gasteiger partial charge in [-0.3, -0.25) is 4.79 Å². The molecule has 0 fully saturated rings. The van der Waals surface area contributed by atoms with Gasteiger partial charge in [0.05, 0.1) is 24.8 Å².